The van der Waals surface area contributed by atoms with Crippen molar-refractivity contribution >= 4 is 11.6 Å². The third-order valence-corrected chi connectivity index (χ3v) is 2.91. The Labute approximate surface area is 192 Å². The maximum absolute atomic E-state index is 10.2. The molecule has 0 amide bonds. The number of Topliss-reactive ketones (excluding diaryl/α,β-unsaturated/α-hetero) is 2. The van der Waals surface area contributed by atoms with E-state index in [2.05, 4.69) is 13.8 Å². The molecule has 0 fully saturated rings. The molecule has 4 heteroatoms. The molecule has 0 atom stereocenters. The number of carbonyl (C=O) groups is 2. The highest BCUT2D eigenvalue weighted by atomic mass is 16.2. The van der Waals surface area contributed by atoms with Gasteiger partial charge in [0, 0.05) is 39.9 Å². The van der Waals surface area contributed by atoms with Crippen LogP contribution in [0.2, 0.25) is 0 Å². The highest BCUT2D eigenvalue weighted by Crippen LogP contribution is 1.83. The molecule has 0 saturated carbocycles. The molecule has 0 spiro atoms. The summed E-state index contributed by atoms with van der Waals surface area (Å²) in [6.45, 7) is 11.8. The Morgan fingerprint density at radius 2 is 0.516 bits per heavy atom. The van der Waals surface area contributed by atoms with Crippen LogP contribution in [0.5, 0.6) is 0 Å². The van der Waals surface area contributed by atoms with Crippen molar-refractivity contribution < 1.29 is 19.8 Å². The first-order chi connectivity index (χ1) is 15.0. The molecular formula is C27H48O4. The van der Waals surface area contributed by atoms with Crippen molar-refractivity contribution in [1.29, 1.82) is 0 Å². The first-order valence-corrected chi connectivity index (χ1v) is 11.0. The monoisotopic (exact) mass is 436 g/mol. The van der Waals surface area contributed by atoms with Crippen molar-refractivity contribution in [1.82, 2.24) is 0 Å². The Morgan fingerprint density at radius 1 is 0.419 bits per heavy atom. The minimum atomic E-state index is 0.343. The molecule has 0 bridgehead atoms. The summed E-state index contributed by atoms with van der Waals surface area (Å²) in [5.74, 6) is 0.685. The van der Waals surface area contributed by atoms with Gasteiger partial charge in [0.15, 0.2) is 0 Å². The summed E-state index contributed by atoms with van der Waals surface area (Å²) in [4.78, 5) is 20.4. The summed E-state index contributed by atoms with van der Waals surface area (Å²) >= 11 is 0. The molecule has 2 aromatic rings. The van der Waals surface area contributed by atoms with Gasteiger partial charge in [0.1, 0.15) is 11.6 Å². The van der Waals surface area contributed by atoms with E-state index in [1.807, 2.05) is 100 Å². The van der Waals surface area contributed by atoms with Gasteiger partial charge in [0.05, 0.1) is 0 Å². The van der Waals surface area contributed by atoms with Crippen molar-refractivity contribution in [3.05, 3.63) is 72.8 Å². The van der Waals surface area contributed by atoms with Gasteiger partial charge in [-0.2, -0.15) is 0 Å². The van der Waals surface area contributed by atoms with Crippen molar-refractivity contribution in [2.75, 3.05) is 14.2 Å². The van der Waals surface area contributed by atoms with Crippen molar-refractivity contribution in [2.24, 2.45) is 0 Å². The summed E-state index contributed by atoms with van der Waals surface area (Å²) in [5.41, 5.74) is 0. The van der Waals surface area contributed by atoms with Gasteiger partial charge in [-0.1, -0.05) is 121 Å². The Kier molecular flexibility index (Phi) is 58.3. The van der Waals surface area contributed by atoms with Gasteiger partial charge in [-0.3, -0.25) is 9.59 Å². The largest absolute Gasteiger partial charge is 0.400 e. The van der Waals surface area contributed by atoms with Crippen LogP contribution < -0.4 is 0 Å². The predicted octanol–water partition coefficient (Wildman–Crippen LogP) is 6.76. The Hall–Kier alpha value is -2.30. The molecule has 4 nitrogen and oxygen atoms in total. The van der Waals surface area contributed by atoms with Crippen LogP contribution in [0.3, 0.4) is 0 Å². The highest BCUT2D eigenvalue weighted by Gasteiger charge is 1.87. The molecule has 31 heavy (non-hydrogen) atoms. The predicted molar refractivity (Wildman–Crippen MR) is 136 cm³/mol. The molecule has 0 aliphatic rings. The van der Waals surface area contributed by atoms with Gasteiger partial charge in [-0.25, -0.2) is 0 Å². The van der Waals surface area contributed by atoms with Crippen LogP contribution in [0.15, 0.2) is 72.8 Å². The molecule has 0 heterocycles. The number of benzene rings is 2. The molecular weight excluding hydrogens is 388 g/mol. The number of carbonyl (C=O) groups excluding carboxylic acids is 2. The van der Waals surface area contributed by atoms with E-state index in [0.717, 1.165) is 14.2 Å². The number of hydrogen-bond donors (Lipinski definition) is 2. The third-order valence-electron chi connectivity index (χ3n) is 2.91. The van der Waals surface area contributed by atoms with Crippen molar-refractivity contribution in [3.63, 3.8) is 0 Å². The zero-order chi connectivity index (χ0) is 25.2. The molecule has 180 valence electrons. The number of rotatable bonds is 4. The lowest BCUT2D eigenvalue weighted by molar-refractivity contribution is -0.119. The number of hydrogen-bond acceptors (Lipinski definition) is 4. The fourth-order valence-electron chi connectivity index (χ4n) is 1.27. The molecule has 0 saturated heterocycles. The van der Waals surface area contributed by atoms with Gasteiger partial charge in [-0.15, -0.1) is 0 Å². The maximum Gasteiger partial charge on any atom is 0.132 e. The topological polar surface area (TPSA) is 74.6 Å². The first-order valence-electron chi connectivity index (χ1n) is 11.0. The van der Waals surface area contributed by atoms with E-state index in [9.17, 15) is 9.59 Å². The Morgan fingerprint density at radius 3 is 0.548 bits per heavy atom. The van der Waals surface area contributed by atoms with Crippen molar-refractivity contribution in [3.8, 4) is 0 Å². The summed E-state index contributed by atoms with van der Waals surface area (Å²) in [6, 6.07) is 24.0. The van der Waals surface area contributed by atoms with Gasteiger partial charge in [0.25, 0.3) is 0 Å². The first kappa shape index (κ1) is 39.2. The molecule has 2 aromatic carbocycles. The summed E-state index contributed by atoms with van der Waals surface area (Å²) in [5, 5.41) is 14.0. The molecule has 0 aliphatic carbocycles. The lowest BCUT2D eigenvalue weighted by Gasteiger charge is -1.81. The van der Waals surface area contributed by atoms with Gasteiger partial charge in [0.2, 0.25) is 0 Å². The molecule has 0 aliphatic heterocycles. The van der Waals surface area contributed by atoms with E-state index in [0.29, 0.717) is 37.2 Å². The van der Waals surface area contributed by atoms with E-state index in [-0.39, 0.29) is 0 Å². The Bertz CT molecular complexity index is 386. The minimum absolute atomic E-state index is 0.343. The molecule has 2 N–H and O–H groups in total. The van der Waals surface area contributed by atoms with Crippen LogP contribution in [0.1, 0.15) is 73.6 Å². The second-order valence-corrected chi connectivity index (χ2v) is 5.51. The van der Waals surface area contributed by atoms with Gasteiger partial charge >= 0.3 is 0 Å². The summed E-state index contributed by atoms with van der Waals surface area (Å²) in [6.07, 6.45) is 4.01. The van der Waals surface area contributed by atoms with Crippen LogP contribution in [-0.2, 0) is 9.59 Å². The molecule has 2 rings (SSSR count). The minimum Gasteiger partial charge on any atom is -0.400 e. The second kappa shape index (κ2) is 46.1. The maximum atomic E-state index is 10.2. The molecule has 0 radical (unpaired) electrons. The zero-order valence-electron chi connectivity index (χ0n) is 21.2. The number of aliphatic hydroxyl groups is 2. The lowest BCUT2D eigenvalue weighted by atomic mass is 10.3. The number of ketones is 2. The highest BCUT2D eigenvalue weighted by molar-refractivity contribution is 5.77. The quantitative estimate of drug-likeness (QED) is 0.555. The van der Waals surface area contributed by atoms with Crippen LogP contribution in [0.25, 0.3) is 0 Å². The molecule has 0 unspecified atom stereocenters. The zero-order valence-corrected chi connectivity index (χ0v) is 21.2. The van der Waals surface area contributed by atoms with E-state index < -0.39 is 0 Å². The third kappa shape index (κ3) is 58.4. The van der Waals surface area contributed by atoms with Crippen molar-refractivity contribution in [2.45, 2.75) is 73.6 Å². The molecule has 0 aromatic heterocycles. The normalized spacial score (nSPS) is 7.29. The van der Waals surface area contributed by atoms with E-state index in [1.165, 1.54) is 6.42 Å². The van der Waals surface area contributed by atoms with Crippen LogP contribution in [-0.4, -0.2) is 36.0 Å². The van der Waals surface area contributed by atoms with Gasteiger partial charge < -0.3 is 10.2 Å². The second-order valence-electron chi connectivity index (χ2n) is 5.51. The fraction of sp³-hybridized carbons (Fsp3) is 0.481. The van der Waals surface area contributed by atoms with Crippen LogP contribution >= 0.6 is 0 Å². The SMILES string of the molecule is CCC.CCC(=O)CC.CCC(=O)CC.CO.CO.c1ccccc1.c1ccccc1. The fourth-order valence-corrected chi connectivity index (χ4v) is 1.27. The average Bonchev–Trinajstić information content (AvgIpc) is 2.89. The number of aliphatic hydroxyl groups excluding tert-OH is 2. The van der Waals surface area contributed by atoms with Gasteiger partial charge in [-0.05, 0) is 0 Å². The lowest BCUT2D eigenvalue weighted by Crippen LogP contribution is -1.88. The standard InChI is InChI=1S/2C6H6.2C5H10O.C3H8.2CH4O/c2*1-2-4-6-5-3-1;2*1-3-5(6)4-2;1-3-2;2*1-2/h2*1-6H;2*3-4H2,1-2H3;3H2,1-2H3;2*2H,1H3. The van der Waals surface area contributed by atoms with Crippen LogP contribution in [0.4, 0.5) is 0 Å². The Balaban J connectivity index is -0.0000000884. The van der Waals surface area contributed by atoms with E-state index >= 15 is 0 Å². The summed E-state index contributed by atoms with van der Waals surface area (Å²) in [7, 11) is 2.00. The average molecular weight is 437 g/mol. The van der Waals surface area contributed by atoms with E-state index in [1.54, 1.807) is 0 Å². The van der Waals surface area contributed by atoms with Crippen LogP contribution in [0, 0.1) is 0 Å². The summed E-state index contributed by atoms with van der Waals surface area (Å²) < 4.78 is 0. The van der Waals surface area contributed by atoms with E-state index in [4.69, 9.17) is 10.2 Å². The smallest absolute Gasteiger partial charge is 0.132 e.